The van der Waals surface area contributed by atoms with Crippen molar-refractivity contribution >= 4 is 34.8 Å². The fourth-order valence-corrected chi connectivity index (χ4v) is 2.34. The van der Waals surface area contributed by atoms with Gasteiger partial charge in [0.25, 0.3) is 5.91 Å². The Kier molecular flexibility index (Phi) is 4.53. The zero-order valence-electron chi connectivity index (χ0n) is 11.0. The predicted octanol–water partition coefficient (Wildman–Crippen LogP) is 4.56. The van der Waals surface area contributed by atoms with Crippen LogP contribution in [0.1, 0.15) is 15.9 Å². The van der Waals surface area contributed by atoms with Crippen LogP contribution in [-0.2, 0) is 0 Å². The van der Waals surface area contributed by atoms with Crippen molar-refractivity contribution in [1.82, 2.24) is 0 Å². The molecular weight excluding hydrogens is 297 g/mol. The molecule has 0 aliphatic rings. The van der Waals surface area contributed by atoms with Gasteiger partial charge in [-0.15, -0.1) is 0 Å². The molecule has 0 aromatic heterocycles. The highest BCUT2D eigenvalue weighted by atomic mass is 35.5. The van der Waals surface area contributed by atoms with Crippen molar-refractivity contribution in [1.29, 1.82) is 0 Å². The molecule has 3 nitrogen and oxygen atoms in total. The Labute approximate surface area is 127 Å². The standard InChI is InChI=1S/C15H13Cl2NO2/c1-9-3-5-11(6-4-9)18-15(19)12-7-10(16)8-13(17)14(12)20-2/h3-8H,1-2H3,(H,18,19). The Balaban J connectivity index is 2.31. The molecule has 0 aliphatic heterocycles. The Hall–Kier alpha value is -1.71. The molecule has 0 radical (unpaired) electrons. The number of anilines is 1. The molecule has 0 bridgehead atoms. The van der Waals surface area contributed by atoms with Gasteiger partial charge in [0, 0.05) is 10.7 Å². The van der Waals surface area contributed by atoms with Crippen LogP contribution in [0.4, 0.5) is 5.69 Å². The third-order valence-corrected chi connectivity index (χ3v) is 3.27. The molecule has 2 rings (SSSR count). The number of halogens is 2. The lowest BCUT2D eigenvalue weighted by molar-refractivity contribution is 0.102. The summed E-state index contributed by atoms with van der Waals surface area (Å²) in [6.45, 7) is 1.98. The van der Waals surface area contributed by atoms with Crippen LogP contribution in [-0.4, -0.2) is 13.0 Å². The van der Waals surface area contributed by atoms with E-state index in [-0.39, 0.29) is 5.91 Å². The van der Waals surface area contributed by atoms with Crippen LogP contribution in [0.3, 0.4) is 0 Å². The molecule has 0 saturated heterocycles. The Bertz CT molecular complexity index is 639. The Morgan fingerprint density at radius 2 is 1.80 bits per heavy atom. The van der Waals surface area contributed by atoms with E-state index in [9.17, 15) is 4.79 Å². The second kappa shape index (κ2) is 6.16. The Morgan fingerprint density at radius 3 is 2.40 bits per heavy atom. The molecule has 0 spiro atoms. The van der Waals surface area contributed by atoms with Crippen molar-refractivity contribution in [2.75, 3.05) is 12.4 Å². The number of rotatable bonds is 3. The highest BCUT2D eigenvalue weighted by Gasteiger charge is 2.16. The van der Waals surface area contributed by atoms with Gasteiger partial charge in [-0.05, 0) is 31.2 Å². The topological polar surface area (TPSA) is 38.3 Å². The predicted molar refractivity (Wildman–Crippen MR) is 82.1 cm³/mol. The third kappa shape index (κ3) is 3.24. The number of nitrogens with one attached hydrogen (secondary N) is 1. The summed E-state index contributed by atoms with van der Waals surface area (Å²) in [7, 11) is 1.46. The molecule has 0 atom stereocenters. The molecule has 2 aromatic rings. The van der Waals surface area contributed by atoms with Crippen LogP contribution < -0.4 is 10.1 Å². The molecule has 104 valence electrons. The van der Waals surface area contributed by atoms with E-state index in [1.807, 2.05) is 31.2 Å². The molecule has 0 unspecified atom stereocenters. The van der Waals surface area contributed by atoms with Crippen molar-refractivity contribution in [2.45, 2.75) is 6.92 Å². The lowest BCUT2D eigenvalue weighted by atomic mass is 10.1. The van der Waals surface area contributed by atoms with E-state index in [1.165, 1.54) is 19.2 Å². The van der Waals surface area contributed by atoms with Crippen LogP contribution in [0.2, 0.25) is 10.0 Å². The van der Waals surface area contributed by atoms with Gasteiger partial charge in [0.05, 0.1) is 17.7 Å². The first-order chi connectivity index (χ1) is 9.51. The molecule has 0 heterocycles. The summed E-state index contributed by atoms with van der Waals surface area (Å²) in [5.74, 6) is -0.0178. The maximum atomic E-state index is 12.3. The summed E-state index contributed by atoms with van der Waals surface area (Å²) < 4.78 is 5.16. The molecule has 0 aliphatic carbocycles. The van der Waals surface area contributed by atoms with Gasteiger partial charge in [-0.3, -0.25) is 4.79 Å². The SMILES string of the molecule is COc1c(Cl)cc(Cl)cc1C(=O)Nc1ccc(C)cc1. The van der Waals surface area contributed by atoms with Crippen LogP contribution in [0.5, 0.6) is 5.75 Å². The van der Waals surface area contributed by atoms with Crippen molar-refractivity contribution in [3.63, 3.8) is 0 Å². The summed E-state index contributed by atoms with van der Waals surface area (Å²) in [6, 6.07) is 10.5. The number of hydrogen-bond acceptors (Lipinski definition) is 2. The highest BCUT2D eigenvalue weighted by molar-refractivity contribution is 6.36. The first-order valence-electron chi connectivity index (χ1n) is 5.92. The maximum Gasteiger partial charge on any atom is 0.259 e. The van der Waals surface area contributed by atoms with Gasteiger partial charge >= 0.3 is 0 Å². The van der Waals surface area contributed by atoms with Gasteiger partial charge in [-0.25, -0.2) is 0 Å². The average Bonchev–Trinajstić information content (AvgIpc) is 2.40. The first-order valence-corrected chi connectivity index (χ1v) is 6.68. The van der Waals surface area contributed by atoms with Gasteiger partial charge in [0.1, 0.15) is 5.75 Å². The zero-order valence-corrected chi connectivity index (χ0v) is 12.5. The second-order valence-corrected chi connectivity index (χ2v) is 5.13. The van der Waals surface area contributed by atoms with Crippen LogP contribution in [0.15, 0.2) is 36.4 Å². The lowest BCUT2D eigenvalue weighted by Crippen LogP contribution is -2.13. The van der Waals surface area contributed by atoms with Gasteiger partial charge < -0.3 is 10.1 Å². The number of carbonyl (C=O) groups excluding carboxylic acids is 1. The van der Waals surface area contributed by atoms with E-state index in [2.05, 4.69) is 5.32 Å². The van der Waals surface area contributed by atoms with Gasteiger partial charge in [-0.1, -0.05) is 40.9 Å². The zero-order chi connectivity index (χ0) is 14.7. The third-order valence-electron chi connectivity index (χ3n) is 2.77. The minimum absolute atomic E-state index is 0.297. The van der Waals surface area contributed by atoms with Gasteiger partial charge in [0.2, 0.25) is 0 Å². The average molecular weight is 310 g/mol. The molecule has 1 amide bonds. The summed E-state index contributed by atoms with van der Waals surface area (Å²) in [5.41, 5.74) is 2.11. The van der Waals surface area contributed by atoms with E-state index < -0.39 is 0 Å². The number of ether oxygens (including phenoxy) is 1. The molecule has 0 fully saturated rings. The van der Waals surface area contributed by atoms with E-state index >= 15 is 0 Å². The number of methoxy groups -OCH3 is 1. The first kappa shape index (κ1) is 14.7. The minimum atomic E-state index is -0.324. The van der Waals surface area contributed by atoms with E-state index in [4.69, 9.17) is 27.9 Å². The van der Waals surface area contributed by atoms with E-state index in [0.29, 0.717) is 27.0 Å². The van der Waals surface area contributed by atoms with E-state index in [0.717, 1.165) is 5.56 Å². The fourth-order valence-electron chi connectivity index (χ4n) is 1.77. The van der Waals surface area contributed by atoms with Crippen LogP contribution >= 0.6 is 23.2 Å². The molecule has 2 aromatic carbocycles. The summed E-state index contributed by atoms with van der Waals surface area (Å²) >= 11 is 11.9. The monoisotopic (exact) mass is 309 g/mol. The molecule has 20 heavy (non-hydrogen) atoms. The molecular formula is C15H13Cl2NO2. The number of benzene rings is 2. The van der Waals surface area contributed by atoms with Crippen LogP contribution in [0, 0.1) is 6.92 Å². The summed E-state index contributed by atoms with van der Waals surface area (Å²) in [4.78, 5) is 12.3. The van der Waals surface area contributed by atoms with Crippen molar-refractivity contribution < 1.29 is 9.53 Å². The van der Waals surface area contributed by atoms with Gasteiger partial charge in [0.15, 0.2) is 0 Å². The number of carbonyl (C=O) groups is 1. The van der Waals surface area contributed by atoms with Crippen molar-refractivity contribution in [2.24, 2.45) is 0 Å². The normalized spacial score (nSPS) is 10.2. The van der Waals surface area contributed by atoms with Crippen molar-refractivity contribution in [3.8, 4) is 5.75 Å². The molecule has 1 N–H and O–H groups in total. The highest BCUT2D eigenvalue weighted by Crippen LogP contribution is 2.32. The maximum absolute atomic E-state index is 12.3. The van der Waals surface area contributed by atoms with Crippen molar-refractivity contribution in [3.05, 3.63) is 57.6 Å². The summed E-state index contributed by atoms with van der Waals surface area (Å²) in [5, 5.41) is 3.46. The van der Waals surface area contributed by atoms with Crippen LogP contribution in [0.25, 0.3) is 0 Å². The second-order valence-electron chi connectivity index (χ2n) is 4.29. The fraction of sp³-hybridized carbons (Fsp3) is 0.133. The van der Waals surface area contributed by atoms with E-state index in [1.54, 1.807) is 0 Å². The smallest absolute Gasteiger partial charge is 0.259 e. The van der Waals surface area contributed by atoms with Gasteiger partial charge in [-0.2, -0.15) is 0 Å². The lowest BCUT2D eigenvalue weighted by Gasteiger charge is -2.11. The number of amides is 1. The molecule has 0 saturated carbocycles. The summed E-state index contributed by atoms with van der Waals surface area (Å²) in [6.07, 6.45) is 0. The molecule has 5 heteroatoms. The minimum Gasteiger partial charge on any atom is -0.494 e. The quantitative estimate of drug-likeness (QED) is 0.902. The Morgan fingerprint density at radius 1 is 1.15 bits per heavy atom. The largest absolute Gasteiger partial charge is 0.494 e. The number of hydrogen-bond donors (Lipinski definition) is 1. The number of aryl methyl sites for hydroxylation is 1.